The Labute approximate surface area is 123 Å². The van der Waals surface area contributed by atoms with Gasteiger partial charge in [-0.1, -0.05) is 18.2 Å². The summed E-state index contributed by atoms with van der Waals surface area (Å²) < 4.78 is 5.71. The molecular weight excluding hydrogens is 270 g/mol. The summed E-state index contributed by atoms with van der Waals surface area (Å²) in [7, 11) is 1.80. The molecule has 20 heavy (non-hydrogen) atoms. The third kappa shape index (κ3) is 3.61. The molecule has 1 heterocycles. The van der Waals surface area contributed by atoms with Crippen molar-refractivity contribution in [2.75, 3.05) is 20.2 Å². The Morgan fingerprint density at radius 2 is 1.95 bits per heavy atom. The van der Waals surface area contributed by atoms with Crippen molar-refractivity contribution in [3.8, 4) is 5.75 Å². The third-order valence-corrected chi connectivity index (χ3v) is 4.06. The Bertz CT molecular complexity index is 592. The van der Waals surface area contributed by atoms with Crippen molar-refractivity contribution < 1.29 is 9.53 Å². The number of para-hydroxylation sites is 1. The number of ether oxygens (including phenoxy) is 1. The van der Waals surface area contributed by atoms with Crippen molar-refractivity contribution in [1.29, 1.82) is 0 Å². The maximum absolute atomic E-state index is 12.1. The number of rotatable bonds is 5. The molecule has 0 radical (unpaired) electrons. The average Bonchev–Trinajstić information content (AvgIpc) is 2.86. The molecule has 106 valence electrons. The molecule has 0 unspecified atom stereocenters. The molecule has 0 aliphatic rings. The fraction of sp³-hybridized carbons (Fsp3) is 0.312. The van der Waals surface area contributed by atoms with E-state index in [1.54, 1.807) is 11.9 Å². The Morgan fingerprint density at radius 3 is 2.60 bits per heavy atom. The van der Waals surface area contributed by atoms with E-state index in [0.29, 0.717) is 13.2 Å². The SMILES string of the molecule is Cc1ccc(C(=O)N(C)CCOc2ccccc2C)s1. The van der Waals surface area contributed by atoms with E-state index in [-0.39, 0.29) is 5.91 Å². The van der Waals surface area contributed by atoms with Crippen LogP contribution in [0.15, 0.2) is 36.4 Å². The highest BCUT2D eigenvalue weighted by molar-refractivity contribution is 7.13. The number of benzene rings is 1. The molecule has 0 fully saturated rings. The Morgan fingerprint density at radius 1 is 1.20 bits per heavy atom. The number of thiophene rings is 1. The highest BCUT2D eigenvalue weighted by Crippen LogP contribution is 2.18. The van der Waals surface area contributed by atoms with Gasteiger partial charge in [0.15, 0.2) is 0 Å². The molecule has 1 aromatic carbocycles. The Balaban J connectivity index is 1.85. The molecule has 3 nitrogen and oxygen atoms in total. The van der Waals surface area contributed by atoms with Crippen molar-refractivity contribution in [2.45, 2.75) is 13.8 Å². The molecular formula is C16H19NO2S. The first-order chi connectivity index (χ1) is 9.58. The van der Waals surface area contributed by atoms with Gasteiger partial charge >= 0.3 is 0 Å². The first-order valence-electron chi connectivity index (χ1n) is 6.58. The molecule has 1 aromatic heterocycles. The quantitative estimate of drug-likeness (QED) is 0.843. The number of carbonyl (C=O) groups is 1. The lowest BCUT2D eigenvalue weighted by atomic mass is 10.2. The summed E-state index contributed by atoms with van der Waals surface area (Å²) in [5.41, 5.74) is 1.11. The van der Waals surface area contributed by atoms with Crippen LogP contribution in [0.5, 0.6) is 5.75 Å². The van der Waals surface area contributed by atoms with E-state index in [1.165, 1.54) is 11.3 Å². The van der Waals surface area contributed by atoms with Gasteiger partial charge in [-0.05, 0) is 37.6 Å². The molecule has 0 aliphatic carbocycles. The second kappa shape index (κ2) is 6.57. The van der Waals surface area contributed by atoms with Gasteiger partial charge in [0, 0.05) is 11.9 Å². The van der Waals surface area contributed by atoms with Gasteiger partial charge in [-0.2, -0.15) is 0 Å². The molecule has 0 aliphatic heterocycles. The third-order valence-electron chi connectivity index (χ3n) is 3.08. The predicted octanol–water partition coefficient (Wildman–Crippen LogP) is 3.52. The number of amides is 1. The number of carbonyl (C=O) groups excluding carboxylic acids is 1. The highest BCUT2D eigenvalue weighted by atomic mass is 32.1. The van der Waals surface area contributed by atoms with Gasteiger partial charge in [-0.15, -0.1) is 11.3 Å². The van der Waals surface area contributed by atoms with Crippen LogP contribution in [0.4, 0.5) is 0 Å². The zero-order valence-corrected chi connectivity index (χ0v) is 12.9. The standard InChI is InChI=1S/C16H19NO2S/c1-12-6-4-5-7-14(12)19-11-10-17(3)16(18)15-9-8-13(2)20-15/h4-9H,10-11H2,1-3H3. The molecule has 0 saturated carbocycles. The lowest BCUT2D eigenvalue weighted by molar-refractivity contribution is 0.0778. The van der Waals surface area contributed by atoms with Crippen LogP contribution in [0.2, 0.25) is 0 Å². The highest BCUT2D eigenvalue weighted by Gasteiger charge is 2.13. The van der Waals surface area contributed by atoms with Crippen molar-refractivity contribution in [1.82, 2.24) is 4.90 Å². The smallest absolute Gasteiger partial charge is 0.263 e. The minimum atomic E-state index is 0.0523. The zero-order chi connectivity index (χ0) is 14.5. The van der Waals surface area contributed by atoms with Crippen molar-refractivity contribution >= 4 is 17.2 Å². The number of likely N-dealkylation sites (N-methyl/N-ethyl adjacent to an activating group) is 1. The largest absolute Gasteiger partial charge is 0.491 e. The summed E-state index contributed by atoms with van der Waals surface area (Å²) in [5.74, 6) is 0.928. The molecule has 1 amide bonds. The van der Waals surface area contributed by atoms with Gasteiger partial charge in [0.25, 0.3) is 5.91 Å². The first-order valence-corrected chi connectivity index (χ1v) is 7.40. The van der Waals surface area contributed by atoms with Gasteiger partial charge in [0.1, 0.15) is 12.4 Å². The Hall–Kier alpha value is -1.81. The first kappa shape index (κ1) is 14.6. The second-order valence-electron chi connectivity index (χ2n) is 4.75. The number of hydrogen-bond donors (Lipinski definition) is 0. The van der Waals surface area contributed by atoms with E-state index in [1.807, 2.05) is 50.2 Å². The van der Waals surface area contributed by atoms with Crippen LogP contribution in [0.1, 0.15) is 20.1 Å². The van der Waals surface area contributed by atoms with Gasteiger partial charge in [0.05, 0.1) is 11.4 Å². The normalized spacial score (nSPS) is 10.3. The molecule has 2 aromatic rings. The number of nitrogens with zero attached hydrogens (tertiary/aromatic N) is 1. The summed E-state index contributed by atoms with van der Waals surface area (Å²) in [6, 6.07) is 11.7. The van der Waals surface area contributed by atoms with E-state index in [0.717, 1.165) is 21.1 Å². The maximum atomic E-state index is 12.1. The molecule has 2 rings (SSSR count). The zero-order valence-electron chi connectivity index (χ0n) is 12.1. The number of hydrogen-bond acceptors (Lipinski definition) is 3. The summed E-state index contributed by atoms with van der Waals surface area (Å²) in [6.45, 7) is 5.09. The Kier molecular flexibility index (Phi) is 4.79. The topological polar surface area (TPSA) is 29.5 Å². The fourth-order valence-electron chi connectivity index (χ4n) is 1.85. The van der Waals surface area contributed by atoms with Crippen LogP contribution < -0.4 is 4.74 Å². The molecule has 0 N–H and O–H groups in total. The minimum Gasteiger partial charge on any atom is -0.491 e. The molecule has 4 heteroatoms. The molecule has 0 bridgehead atoms. The fourth-order valence-corrected chi connectivity index (χ4v) is 2.71. The van der Waals surface area contributed by atoms with Crippen LogP contribution in [0, 0.1) is 13.8 Å². The monoisotopic (exact) mass is 289 g/mol. The molecule has 0 spiro atoms. The maximum Gasteiger partial charge on any atom is 0.263 e. The van der Waals surface area contributed by atoms with Crippen molar-refractivity contribution in [3.63, 3.8) is 0 Å². The average molecular weight is 289 g/mol. The van der Waals surface area contributed by atoms with Gasteiger partial charge in [0.2, 0.25) is 0 Å². The van der Waals surface area contributed by atoms with Crippen LogP contribution in [0.3, 0.4) is 0 Å². The van der Waals surface area contributed by atoms with Crippen LogP contribution >= 0.6 is 11.3 Å². The summed E-state index contributed by atoms with van der Waals surface area (Å²) in [4.78, 5) is 15.8. The van der Waals surface area contributed by atoms with E-state index in [9.17, 15) is 4.79 Å². The van der Waals surface area contributed by atoms with E-state index >= 15 is 0 Å². The second-order valence-corrected chi connectivity index (χ2v) is 6.04. The molecule has 0 saturated heterocycles. The predicted molar refractivity (Wildman–Crippen MR) is 82.7 cm³/mol. The summed E-state index contributed by atoms with van der Waals surface area (Å²) >= 11 is 1.52. The van der Waals surface area contributed by atoms with E-state index < -0.39 is 0 Å². The van der Waals surface area contributed by atoms with Crippen LogP contribution in [-0.4, -0.2) is 31.0 Å². The van der Waals surface area contributed by atoms with E-state index in [2.05, 4.69) is 0 Å². The summed E-state index contributed by atoms with van der Waals surface area (Å²) in [5, 5.41) is 0. The van der Waals surface area contributed by atoms with Crippen LogP contribution in [-0.2, 0) is 0 Å². The summed E-state index contributed by atoms with van der Waals surface area (Å²) in [6.07, 6.45) is 0. The van der Waals surface area contributed by atoms with Crippen LogP contribution in [0.25, 0.3) is 0 Å². The lowest BCUT2D eigenvalue weighted by Gasteiger charge is -2.17. The van der Waals surface area contributed by atoms with Crippen molar-refractivity contribution in [3.05, 3.63) is 51.7 Å². The van der Waals surface area contributed by atoms with Gasteiger partial charge in [-0.3, -0.25) is 4.79 Å². The minimum absolute atomic E-state index is 0.0523. The molecule has 0 atom stereocenters. The number of aryl methyl sites for hydroxylation is 2. The van der Waals surface area contributed by atoms with E-state index in [4.69, 9.17) is 4.74 Å². The van der Waals surface area contributed by atoms with Gasteiger partial charge < -0.3 is 9.64 Å². The lowest BCUT2D eigenvalue weighted by Crippen LogP contribution is -2.30. The van der Waals surface area contributed by atoms with Crippen molar-refractivity contribution in [2.24, 2.45) is 0 Å². The van der Waals surface area contributed by atoms with Gasteiger partial charge in [-0.25, -0.2) is 0 Å².